The minimum Gasteiger partial charge on any atom is -0.290 e. The molecule has 4 heteroatoms. The molecular formula is C16H17NOS2. The van der Waals surface area contributed by atoms with Crippen LogP contribution < -0.4 is 0 Å². The third kappa shape index (κ3) is 3.38. The average Bonchev–Trinajstić information content (AvgIpc) is 2.74. The van der Waals surface area contributed by atoms with Crippen molar-refractivity contribution in [3.63, 3.8) is 0 Å². The maximum absolute atomic E-state index is 12.3. The molecule has 1 heterocycles. The molecule has 0 radical (unpaired) electrons. The highest BCUT2D eigenvalue weighted by molar-refractivity contribution is 8.26. The molecule has 1 aliphatic rings. The third-order valence-corrected chi connectivity index (χ3v) is 4.54. The molecule has 0 saturated carbocycles. The van der Waals surface area contributed by atoms with Crippen LogP contribution in [-0.4, -0.2) is 21.2 Å². The van der Waals surface area contributed by atoms with Crippen LogP contribution in [-0.2, 0) is 4.79 Å². The maximum atomic E-state index is 12.3. The van der Waals surface area contributed by atoms with E-state index in [9.17, 15) is 4.79 Å². The van der Waals surface area contributed by atoms with Gasteiger partial charge in [-0.15, -0.1) is 0 Å². The van der Waals surface area contributed by atoms with Crippen LogP contribution in [0.4, 0.5) is 0 Å². The smallest absolute Gasteiger partial charge is 0.266 e. The summed E-state index contributed by atoms with van der Waals surface area (Å²) in [5.41, 5.74) is 1.11. The van der Waals surface area contributed by atoms with Gasteiger partial charge in [0.15, 0.2) is 0 Å². The summed E-state index contributed by atoms with van der Waals surface area (Å²) < 4.78 is 0.656. The van der Waals surface area contributed by atoms with E-state index in [0.29, 0.717) is 9.23 Å². The van der Waals surface area contributed by atoms with Gasteiger partial charge in [0.25, 0.3) is 5.91 Å². The van der Waals surface area contributed by atoms with Gasteiger partial charge in [0.1, 0.15) is 4.32 Å². The van der Waals surface area contributed by atoms with E-state index in [0.717, 1.165) is 12.0 Å². The second-order valence-electron chi connectivity index (χ2n) is 4.60. The van der Waals surface area contributed by atoms with Crippen molar-refractivity contribution in [2.75, 3.05) is 0 Å². The molecule has 0 unspecified atom stereocenters. The number of allylic oxidation sites excluding steroid dienone is 2. The lowest BCUT2D eigenvalue weighted by Crippen LogP contribution is -2.36. The number of hydrogen-bond donors (Lipinski definition) is 0. The molecule has 0 spiro atoms. The summed E-state index contributed by atoms with van der Waals surface area (Å²) in [5, 5.41) is 0. The molecule has 1 atom stereocenters. The summed E-state index contributed by atoms with van der Waals surface area (Å²) in [6.07, 6.45) is 6.63. The zero-order valence-corrected chi connectivity index (χ0v) is 13.2. The van der Waals surface area contributed by atoms with Gasteiger partial charge in [-0.3, -0.25) is 9.69 Å². The lowest BCUT2D eigenvalue weighted by Gasteiger charge is -2.21. The fourth-order valence-electron chi connectivity index (χ4n) is 1.87. The fourth-order valence-corrected chi connectivity index (χ4v) is 3.28. The molecule has 0 bridgehead atoms. The van der Waals surface area contributed by atoms with E-state index in [1.807, 2.05) is 55.5 Å². The second-order valence-corrected chi connectivity index (χ2v) is 6.28. The highest BCUT2D eigenvalue weighted by Gasteiger charge is 2.34. The number of rotatable bonds is 4. The quantitative estimate of drug-likeness (QED) is 0.613. The number of carbonyl (C=O) groups excluding carboxylic acids is 1. The van der Waals surface area contributed by atoms with Gasteiger partial charge in [0, 0.05) is 6.04 Å². The zero-order valence-electron chi connectivity index (χ0n) is 11.6. The lowest BCUT2D eigenvalue weighted by molar-refractivity contribution is -0.123. The van der Waals surface area contributed by atoms with Gasteiger partial charge in [-0.05, 0) is 25.0 Å². The normalized spacial score (nSPS) is 19.3. The Morgan fingerprint density at radius 2 is 2.05 bits per heavy atom. The first-order valence-electron chi connectivity index (χ1n) is 6.62. The van der Waals surface area contributed by atoms with Crippen molar-refractivity contribution in [3.8, 4) is 0 Å². The molecule has 1 aromatic carbocycles. The first kappa shape index (κ1) is 15.0. The summed E-state index contributed by atoms with van der Waals surface area (Å²) in [4.78, 5) is 14.7. The summed E-state index contributed by atoms with van der Waals surface area (Å²) in [7, 11) is 0. The van der Waals surface area contributed by atoms with E-state index in [4.69, 9.17) is 12.2 Å². The molecule has 1 aromatic rings. The Bertz CT molecular complexity index is 563. The van der Waals surface area contributed by atoms with Crippen molar-refractivity contribution in [2.24, 2.45) is 0 Å². The Labute approximate surface area is 129 Å². The predicted octanol–water partition coefficient (Wildman–Crippen LogP) is 4.24. The van der Waals surface area contributed by atoms with Gasteiger partial charge >= 0.3 is 0 Å². The van der Waals surface area contributed by atoms with Crippen LogP contribution in [0.2, 0.25) is 0 Å². The van der Waals surface area contributed by atoms with Gasteiger partial charge < -0.3 is 0 Å². The van der Waals surface area contributed by atoms with Crippen molar-refractivity contribution in [1.29, 1.82) is 0 Å². The van der Waals surface area contributed by atoms with E-state index < -0.39 is 0 Å². The number of thiocarbonyl (C=S) groups is 1. The molecule has 2 rings (SSSR count). The second kappa shape index (κ2) is 6.86. The minimum atomic E-state index is 0.0204. The lowest BCUT2D eigenvalue weighted by atomic mass is 10.2. The van der Waals surface area contributed by atoms with Gasteiger partial charge in [-0.25, -0.2) is 0 Å². The number of nitrogens with zero attached hydrogens (tertiary/aromatic N) is 1. The fraction of sp³-hybridized carbons (Fsp3) is 0.250. The molecule has 20 heavy (non-hydrogen) atoms. The van der Waals surface area contributed by atoms with E-state index in [-0.39, 0.29) is 11.9 Å². The Balaban J connectivity index is 2.11. The highest BCUT2D eigenvalue weighted by atomic mass is 32.2. The Morgan fingerprint density at radius 3 is 2.70 bits per heavy atom. The largest absolute Gasteiger partial charge is 0.290 e. The highest BCUT2D eigenvalue weighted by Crippen LogP contribution is 2.33. The molecule has 0 aliphatic carbocycles. The van der Waals surface area contributed by atoms with Gasteiger partial charge in [0.2, 0.25) is 0 Å². The number of hydrogen-bond acceptors (Lipinski definition) is 3. The molecule has 0 N–H and O–H groups in total. The van der Waals surface area contributed by atoms with Gasteiger partial charge in [-0.2, -0.15) is 0 Å². The summed E-state index contributed by atoms with van der Waals surface area (Å²) in [5.74, 6) is 0.0204. The molecule has 1 saturated heterocycles. The standard InChI is InChI=1S/C16H17NOS2/c1-3-12(2)17-15(18)14(20-16(17)19)11-7-10-13-8-5-4-6-9-13/h4-12H,3H2,1-2H3/b10-7+,14-11-/t12-/m0/s1. The Morgan fingerprint density at radius 1 is 1.35 bits per heavy atom. The third-order valence-electron chi connectivity index (χ3n) is 3.19. The SMILES string of the molecule is CC[C@H](C)N1C(=O)/C(=C/C=C/c2ccccc2)SC1=S. The van der Waals surface area contributed by atoms with Gasteiger partial charge in [0.05, 0.1) is 4.91 Å². The average molecular weight is 303 g/mol. The van der Waals surface area contributed by atoms with E-state index in [2.05, 4.69) is 6.92 Å². The molecule has 1 amide bonds. The van der Waals surface area contributed by atoms with Gasteiger partial charge in [-0.1, -0.05) is 73.4 Å². The van der Waals surface area contributed by atoms with Crippen LogP contribution in [0.5, 0.6) is 0 Å². The number of thioether (sulfide) groups is 1. The van der Waals surface area contributed by atoms with Crippen molar-refractivity contribution < 1.29 is 4.79 Å². The van der Waals surface area contributed by atoms with Crippen LogP contribution in [0.3, 0.4) is 0 Å². The van der Waals surface area contributed by atoms with Crippen LogP contribution in [0.15, 0.2) is 47.4 Å². The van der Waals surface area contributed by atoms with Crippen molar-refractivity contribution >= 4 is 40.3 Å². The summed E-state index contributed by atoms with van der Waals surface area (Å²) in [6.45, 7) is 4.08. The molecule has 1 aliphatic heterocycles. The molecular weight excluding hydrogens is 286 g/mol. The first-order chi connectivity index (χ1) is 9.63. The van der Waals surface area contributed by atoms with Crippen LogP contribution in [0.25, 0.3) is 6.08 Å². The number of benzene rings is 1. The van der Waals surface area contributed by atoms with Crippen molar-refractivity contribution in [3.05, 3.63) is 53.0 Å². The predicted molar refractivity (Wildman–Crippen MR) is 90.3 cm³/mol. The maximum Gasteiger partial charge on any atom is 0.266 e. The minimum absolute atomic E-state index is 0.0204. The van der Waals surface area contributed by atoms with Crippen LogP contribution in [0, 0.1) is 0 Å². The summed E-state index contributed by atoms with van der Waals surface area (Å²) in [6, 6.07) is 10.2. The monoisotopic (exact) mass is 303 g/mol. The van der Waals surface area contributed by atoms with Crippen molar-refractivity contribution in [2.45, 2.75) is 26.3 Å². The Kier molecular flexibility index (Phi) is 5.15. The first-order valence-corrected chi connectivity index (χ1v) is 7.84. The molecule has 1 fully saturated rings. The van der Waals surface area contributed by atoms with E-state index >= 15 is 0 Å². The molecule has 2 nitrogen and oxygen atoms in total. The zero-order chi connectivity index (χ0) is 14.5. The van der Waals surface area contributed by atoms with Crippen molar-refractivity contribution in [1.82, 2.24) is 4.90 Å². The van der Waals surface area contributed by atoms with E-state index in [1.165, 1.54) is 11.8 Å². The summed E-state index contributed by atoms with van der Waals surface area (Å²) >= 11 is 6.66. The van der Waals surface area contributed by atoms with Crippen LogP contribution >= 0.6 is 24.0 Å². The molecule has 104 valence electrons. The van der Waals surface area contributed by atoms with Crippen LogP contribution in [0.1, 0.15) is 25.8 Å². The topological polar surface area (TPSA) is 20.3 Å². The number of carbonyl (C=O) groups is 1. The number of amides is 1. The Hall–Kier alpha value is -1.39. The molecule has 0 aromatic heterocycles. The van der Waals surface area contributed by atoms with E-state index in [1.54, 1.807) is 4.90 Å².